The number of nitrogens with one attached hydrogen (secondary N) is 2. The predicted molar refractivity (Wildman–Crippen MR) is 124 cm³/mol. The average molecular weight is 459 g/mol. The number of sulfonamides is 1. The van der Waals surface area contributed by atoms with Crippen molar-refractivity contribution in [2.75, 3.05) is 11.9 Å². The smallest absolute Gasteiger partial charge is 0.255 e. The van der Waals surface area contributed by atoms with Crippen molar-refractivity contribution >= 4 is 33.0 Å². The van der Waals surface area contributed by atoms with Crippen LogP contribution >= 0.6 is 11.3 Å². The van der Waals surface area contributed by atoms with Crippen LogP contribution in [0, 0.1) is 0 Å². The second kappa shape index (κ2) is 10.7. The summed E-state index contributed by atoms with van der Waals surface area (Å²) >= 11 is 1.59. The summed E-state index contributed by atoms with van der Waals surface area (Å²) in [7, 11) is -3.62. The maximum Gasteiger partial charge on any atom is 0.255 e. The van der Waals surface area contributed by atoms with Gasteiger partial charge >= 0.3 is 0 Å². The second-order valence-electron chi connectivity index (χ2n) is 7.27. The number of anilines is 1. The van der Waals surface area contributed by atoms with Crippen molar-refractivity contribution in [2.24, 2.45) is 0 Å². The molecule has 1 heterocycles. The molecule has 2 N–H and O–H groups in total. The Kier molecular flexibility index (Phi) is 7.97. The first-order valence-electron chi connectivity index (χ1n) is 9.97. The topological polar surface area (TPSA) is 84.5 Å². The lowest BCUT2D eigenvalue weighted by molar-refractivity contribution is 0.0657. The Labute approximate surface area is 187 Å². The molecule has 0 unspecified atom stereocenters. The lowest BCUT2D eigenvalue weighted by atomic mass is 10.2. The molecule has 0 aliphatic rings. The van der Waals surface area contributed by atoms with Crippen LogP contribution in [-0.2, 0) is 27.8 Å². The van der Waals surface area contributed by atoms with E-state index < -0.39 is 10.0 Å². The van der Waals surface area contributed by atoms with E-state index in [0.717, 1.165) is 10.4 Å². The van der Waals surface area contributed by atoms with Crippen molar-refractivity contribution in [3.63, 3.8) is 0 Å². The standard InChI is InChI=1S/C23H26N2O4S2/c1-17(2)29-16-18-5-3-6-20(15-18)25-23(26)19-8-10-22(11-9-19)31(27,28)24-13-12-21-7-4-14-30-21/h3-11,14-15,17,24H,12-13,16H2,1-2H3,(H,25,26). The van der Waals surface area contributed by atoms with Crippen LogP contribution in [0.15, 0.2) is 70.9 Å². The summed E-state index contributed by atoms with van der Waals surface area (Å²) in [5.41, 5.74) is 1.99. The number of thiophene rings is 1. The maximum absolute atomic E-state index is 12.5. The Bertz CT molecular complexity index is 1090. The predicted octanol–water partition coefficient (Wildman–Crippen LogP) is 4.45. The first kappa shape index (κ1) is 23.1. The fourth-order valence-corrected chi connectivity index (χ4v) is 4.58. The molecule has 0 bridgehead atoms. The minimum absolute atomic E-state index is 0.123. The van der Waals surface area contributed by atoms with Gasteiger partial charge in [-0.2, -0.15) is 0 Å². The molecule has 3 rings (SSSR count). The molecule has 0 fully saturated rings. The van der Waals surface area contributed by atoms with Gasteiger partial charge in [0.2, 0.25) is 10.0 Å². The number of carbonyl (C=O) groups excluding carboxylic acids is 1. The summed E-state index contributed by atoms with van der Waals surface area (Å²) in [6.07, 6.45) is 0.761. The quantitative estimate of drug-likeness (QED) is 0.470. The van der Waals surface area contributed by atoms with Crippen LogP contribution < -0.4 is 10.0 Å². The summed E-state index contributed by atoms with van der Waals surface area (Å²) in [4.78, 5) is 13.8. The van der Waals surface area contributed by atoms with Gasteiger partial charge in [-0.25, -0.2) is 13.1 Å². The van der Waals surface area contributed by atoms with Gasteiger partial charge in [-0.1, -0.05) is 18.2 Å². The van der Waals surface area contributed by atoms with Crippen molar-refractivity contribution in [3.05, 3.63) is 82.0 Å². The number of benzene rings is 2. The van der Waals surface area contributed by atoms with Gasteiger partial charge in [0, 0.05) is 22.7 Å². The van der Waals surface area contributed by atoms with Crippen LogP contribution in [0.5, 0.6) is 0 Å². The molecular weight excluding hydrogens is 432 g/mol. The van der Waals surface area contributed by atoms with Gasteiger partial charge in [-0.15, -0.1) is 11.3 Å². The normalized spacial score (nSPS) is 11.6. The van der Waals surface area contributed by atoms with Gasteiger partial charge in [0.25, 0.3) is 5.91 Å². The molecule has 0 saturated carbocycles. The molecule has 164 valence electrons. The molecule has 0 radical (unpaired) electrons. The fraction of sp³-hybridized carbons (Fsp3) is 0.261. The fourth-order valence-electron chi connectivity index (χ4n) is 2.84. The van der Waals surface area contributed by atoms with Gasteiger partial charge < -0.3 is 10.1 Å². The van der Waals surface area contributed by atoms with Crippen LogP contribution in [-0.4, -0.2) is 27.0 Å². The molecule has 31 heavy (non-hydrogen) atoms. The molecule has 0 saturated heterocycles. The van der Waals surface area contributed by atoms with Crippen molar-refractivity contribution in [3.8, 4) is 0 Å². The van der Waals surface area contributed by atoms with E-state index in [0.29, 0.717) is 30.8 Å². The van der Waals surface area contributed by atoms with E-state index in [1.165, 1.54) is 24.3 Å². The number of hydrogen-bond acceptors (Lipinski definition) is 5. The van der Waals surface area contributed by atoms with Crippen LogP contribution in [0.2, 0.25) is 0 Å². The van der Waals surface area contributed by atoms with Crippen LogP contribution in [0.25, 0.3) is 0 Å². The minimum atomic E-state index is -3.62. The Morgan fingerprint density at radius 1 is 1.06 bits per heavy atom. The first-order valence-corrected chi connectivity index (χ1v) is 12.3. The zero-order chi connectivity index (χ0) is 22.3. The third kappa shape index (κ3) is 7.00. The number of ether oxygens (including phenoxy) is 1. The Balaban J connectivity index is 1.59. The molecule has 1 aromatic heterocycles. The lowest BCUT2D eigenvalue weighted by Crippen LogP contribution is -2.26. The first-order chi connectivity index (χ1) is 14.8. The van der Waals surface area contributed by atoms with E-state index in [1.54, 1.807) is 17.4 Å². The van der Waals surface area contributed by atoms with E-state index in [9.17, 15) is 13.2 Å². The summed E-state index contributed by atoms with van der Waals surface area (Å²) < 4.78 is 33.1. The lowest BCUT2D eigenvalue weighted by Gasteiger charge is -2.10. The number of hydrogen-bond donors (Lipinski definition) is 2. The average Bonchev–Trinajstić information content (AvgIpc) is 3.26. The van der Waals surface area contributed by atoms with Gasteiger partial charge in [0.15, 0.2) is 0 Å². The van der Waals surface area contributed by atoms with Crippen molar-refractivity contribution in [2.45, 2.75) is 37.9 Å². The van der Waals surface area contributed by atoms with E-state index in [2.05, 4.69) is 10.0 Å². The van der Waals surface area contributed by atoms with Crippen molar-refractivity contribution in [1.82, 2.24) is 4.72 Å². The van der Waals surface area contributed by atoms with Gasteiger partial charge in [-0.3, -0.25) is 4.79 Å². The third-order valence-corrected chi connectivity index (χ3v) is 6.85. The highest BCUT2D eigenvalue weighted by atomic mass is 32.2. The summed E-state index contributed by atoms with van der Waals surface area (Å²) in [5.74, 6) is -0.309. The van der Waals surface area contributed by atoms with E-state index in [1.807, 2.05) is 49.6 Å². The summed E-state index contributed by atoms with van der Waals surface area (Å²) in [6, 6.07) is 17.3. The molecule has 0 aliphatic heterocycles. The summed E-state index contributed by atoms with van der Waals surface area (Å²) in [5, 5.41) is 4.80. The highest BCUT2D eigenvalue weighted by Crippen LogP contribution is 2.16. The monoisotopic (exact) mass is 458 g/mol. The Hall–Kier alpha value is -2.52. The molecule has 0 atom stereocenters. The molecule has 0 spiro atoms. The van der Waals surface area contributed by atoms with E-state index in [4.69, 9.17) is 4.74 Å². The Morgan fingerprint density at radius 2 is 1.84 bits per heavy atom. The van der Waals surface area contributed by atoms with Crippen molar-refractivity contribution in [1.29, 1.82) is 0 Å². The van der Waals surface area contributed by atoms with Crippen LogP contribution in [0.3, 0.4) is 0 Å². The maximum atomic E-state index is 12.5. The molecule has 8 heteroatoms. The minimum Gasteiger partial charge on any atom is -0.374 e. The van der Waals surface area contributed by atoms with Gasteiger partial charge in [-0.05, 0) is 73.7 Å². The zero-order valence-corrected chi connectivity index (χ0v) is 19.1. The van der Waals surface area contributed by atoms with Crippen LogP contribution in [0.4, 0.5) is 5.69 Å². The Morgan fingerprint density at radius 3 is 2.52 bits per heavy atom. The molecule has 2 aromatic carbocycles. The van der Waals surface area contributed by atoms with Gasteiger partial charge in [0.1, 0.15) is 0 Å². The molecule has 1 amide bonds. The molecule has 3 aromatic rings. The number of rotatable bonds is 10. The molecule has 0 aliphatic carbocycles. The second-order valence-corrected chi connectivity index (χ2v) is 10.1. The van der Waals surface area contributed by atoms with E-state index in [-0.39, 0.29) is 16.9 Å². The highest BCUT2D eigenvalue weighted by molar-refractivity contribution is 7.89. The zero-order valence-electron chi connectivity index (χ0n) is 17.5. The highest BCUT2D eigenvalue weighted by Gasteiger charge is 2.15. The van der Waals surface area contributed by atoms with Gasteiger partial charge in [0.05, 0.1) is 17.6 Å². The number of amides is 1. The largest absolute Gasteiger partial charge is 0.374 e. The van der Waals surface area contributed by atoms with Crippen molar-refractivity contribution < 1.29 is 17.9 Å². The molecule has 6 nitrogen and oxygen atoms in total. The third-order valence-electron chi connectivity index (χ3n) is 4.44. The molecular formula is C23H26N2O4S2. The van der Waals surface area contributed by atoms with E-state index >= 15 is 0 Å². The van der Waals surface area contributed by atoms with Crippen LogP contribution in [0.1, 0.15) is 34.6 Å². The summed E-state index contributed by atoms with van der Waals surface area (Å²) in [6.45, 7) is 4.72. The SMILES string of the molecule is CC(C)OCc1cccc(NC(=O)c2ccc(S(=O)(=O)NCCc3cccs3)cc2)c1. The number of carbonyl (C=O) groups is 1.